The first-order chi connectivity index (χ1) is 11.6. The van der Waals surface area contributed by atoms with E-state index in [4.69, 9.17) is 15.6 Å². The Hall–Kier alpha value is -1.69. The van der Waals surface area contributed by atoms with Gasteiger partial charge >= 0.3 is 0 Å². The molecule has 3 saturated carbocycles. The first-order valence-electron chi connectivity index (χ1n) is 9.21. The van der Waals surface area contributed by atoms with Crippen LogP contribution in [0.4, 0.5) is 0 Å². The molecule has 0 spiro atoms. The molecule has 2 N–H and O–H groups in total. The first-order valence-corrected chi connectivity index (χ1v) is 9.21. The fraction of sp³-hybridized carbons (Fsp3) is 0.722. The second-order valence-electron chi connectivity index (χ2n) is 8.02. The summed E-state index contributed by atoms with van der Waals surface area (Å²) in [7, 11) is 0. The molecular formula is C18H24N4O2. The van der Waals surface area contributed by atoms with Gasteiger partial charge in [0.2, 0.25) is 0 Å². The lowest BCUT2D eigenvalue weighted by Crippen LogP contribution is -2.50. The van der Waals surface area contributed by atoms with Gasteiger partial charge in [0.15, 0.2) is 5.49 Å². The molecule has 128 valence electrons. The van der Waals surface area contributed by atoms with Crippen molar-refractivity contribution in [1.29, 1.82) is 10.8 Å². The van der Waals surface area contributed by atoms with E-state index in [0.717, 1.165) is 24.2 Å². The summed E-state index contributed by atoms with van der Waals surface area (Å²) in [4.78, 5) is 12.9. The van der Waals surface area contributed by atoms with Crippen LogP contribution in [0.2, 0.25) is 0 Å². The Morgan fingerprint density at radius 3 is 2.58 bits per heavy atom. The molecule has 0 unspecified atom stereocenters. The van der Waals surface area contributed by atoms with E-state index in [1.54, 1.807) is 9.13 Å². The van der Waals surface area contributed by atoms with E-state index >= 15 is 0 Å². The van der Waals surface area contributed by atoms with E-state index in [2.05, 4.69) is 0 Å². The van der Waals surface area contributed by atoms with Gasteiger partial charge in [-0.1, -0.05) is 0 Å². The van der Waals surface area contributed by atoms with Gasteiger partial charge in [-0.2, -0.15) is 0 Å². The van der Waals surface area contributed by atoms with Crippen LogP contribution < -0.4 is 11.0 Å². The van der Waals surface area contributed by atoms with E-state index in [1.165, 1.54) is 25.7 Å². The van der Waals surface area contributed by atoms with Gasteiger partial charge in [0.1, 0.15) is 5.84 Å². The van der Waals surface area contributed by atoms with E-state index in [1.807, 2.05) is 0 Å². The van der Waals surface area contributed by atoms with Gasteiger partial charge in [-0.3, -0.25) is 20.2 Å². The minimum absolute atomic E-state index is 0.0202. The topological polar surface area (TPSA) is 83.9 Å². The highest BCUT2D eigenvalue weighted by molar-refractivity contribution is 5.91. The maximum Gasteiger partial charge on any atom is 0.293 e. The van der Waals surface area contributed by atoms with Crippen LogP contribution in [-0.4, -0.2) is 21.6 Å². The Labute approximate surface area is 140 Å². The largest absolute Gasteiger partial charge is 0.375 e. The molecule has 1 aromatic rings. The molecule has 3 aliphatic carbocycles. The number of rotatable bonds is 4. The van der Waals surface area contributed by atoms with Crippen LogP contribution in [0.3, 0.4) is 0 Å². The number of hydrogen-bond donors (Lipinski definition) is 2. The van der Waals surface area contributed by atoms with Crippen LogP contribution in [0.1, 0.15) is 49.9 Å². The lowest BCUT2D eigenvalue weighted by molar-refractivity contribution is 0.0997. The monoisotopic (exact) mass is 328 g/mol. The average Bonchev–Trinajstić information content (AvgIpc) is 3.45. The molecule has 0 aromatic carbocycles. The van der Waals surface area contributed by atoms with Gasteiger partial charge in [0.05, 0.1) is 24.6 Å². The molecule has 1 aliphatic heterocycles. The van der Waals surface area contributed by atoms with Gasteiger partial charge in [-0.25, -0.2) is 0 Å². The van der Waals surface area contributed by atoms with Crippen LogP contribution in [0.15, 0.2) is 4.79 Å². The molecule has 3 fully saturated rings. The Morgan fingerprint density at radius 2 is 1.96 bits per heavy atom. The summed E-state index contributed by atoms with van der Waals surface area (Å²) in [6, 6.07) is 0. The number of nitrogens with zero attached hydrogens (tertiary/aromatic N) is 2. The zero-order valence-electron chi connectivity index (χ0n) is 13.9. The molecule has 1 aromatic heterocycles. The molecule has 0 bridgehead atoms. The summed E-state index contributed by atoms with van der Waals surface area (Å²) in [6.45, 7) is 1.75. The molecule has 5 rings (SSSR count). The van der Waals surface area contributed by atoms with Crippen molar-refractivity contribution in [3.8, 4) is 0 Å². The van der Waals surface area contributed by atoms with Gasteiger partial charge in [0.25, 0.3) is 5.56 Å². The third-order valence-corrected chi connectivity index (χ3v) is 6.30. The Balaban J connectivity index is 1.67. The number of aromatic nitrogens is 2. The van der Waals surface area contributed by atoms with Crippen molar-refractivity contribution in [3.63, 3.8) is 0 Å². The van der Waals surface area contributed by atoms with Crippen LogP contribution in [0.5, 0.6) is 0 Å². The number of nitrogens with one attached hydrogen (secondary N) is 2. The fourth-order valence-corrected chi connectivity index (χ4v) is 4.35. The molecule has 4 aliphatic rings. The van der Waals surface area contributed by atoms with Crippen molar-refractivity contribution in [2.75, 3.05) is 6.61 Å². The SMILES string of the molecule is N=C(n1c2c(n(CC3CC3)c(=O)c1=N)COCC2)C1(C2CC2)CC1. The van der Waals surface area contributed by atoms with E-state index in [-0.39, 0.29) is 16.5 Å². The van der Waals surface area contributed by atoms with Crippen molar-refractivity contribution < 1.29 is 4.74 Å². The number of fused-ring (bicyclic) bond motifs is 1. The summed E-state index contributed by atoms with van der Waals surface area (Å²) in [5.41, 5.74) is 1.56. The minimum Gasteiger partial charge on any atom is -0.375 e. The second kappa shape index (κ2) is 4.91. The molecule has 2 heterocycles. The van der Waals surface area contributed by atoms with Crippen LogP contribution in [0, 0.1) is 28.1 Å². The van der Waals surface area contributed by atoms with Crippen molar-refractivity contribution in [1.82, 2.24) is 9.13 Å². The van der Waals surface area contributed by atoms with Crippen molar-refractivity contribution in [3.05, 3.63) is 27.2 Å². The third-order valence-electron chi connectivity index (χ3n) is 6.30. The predicted octanol–water partition coefficient (Wildman–Crippen LogP) is 1.63. The lowest BCUT2D eigenvalue weighted by Gasteiger charge is -2.28. The molecule has 0 amide bonds. The summed E-state index contributed by atoms with van der Waals surface area (Å²) < 4.78 is 9.09. The quantitative estimate of drug-likeness (QED) is 0.650. The molecular weight excluding hydrogens is 304 g/mol. The maximum absolute atomic E-state index is 12.9. The molecule has 0 radical (unpaired) electrons. The minimum atomic E-state index is -0.248. The summed E-state index contributed by atoms with van der Waals surface area (Å²) >= 11 is 0. The zero-order chi connectivity index (χ0) is 16.5. The average molecular weight is 328 g/mol. The number of ether oxygens (including phenoxy) is 1. The normalized spacial score (nSPS) is 24.5. The highest BCUT2D eigenvalue weighted by Crippen LogP contribution is 2.62. The zero-order valence-corrected chi connectivity index (χ0v) is 13.9. The predicted molar refractivity (Wildman–Crippen MR) is 88.1 cm³/mol. The van der Waals surface area contributed by atoms with Gasteiger partial charge in [-0.05, 0) is 50.4 Å². The fourth-order valence-electron chi connectivity index (χ4n) is 4.35. The molecule has 24 heavy (non-hydrogen) atoms. The second-order valence-corrected chi connectivity index (χ2v) is 8.02. The third kappa shape index (κ3) is 2.08. The lowest BCUT2D eigenvalue weighted by atomic mass is 9.98. The van der Waals surface area contributed by atoms with Crippen molar-refractivity contribution in [2.24, 2.45) is 17.3 Å². The highest BCUT2D eigenvalue weighted by Gasteiger charge is 2.58. The summed E-state index contributed by atoms with van der Waals surface area (Å²) in [6.07, 6.45) is 7.50. The first kappa shape index (κ1) is 14.6. The maximum atomic E-state index is 12.9. The number of hydrogen-bond acceptors (Lipinski definition) is 4. The summed E-state index contributed by atoms with van der Waals surface area (Å²) in [5, 5.41) is 17.3. The standard InChI is InChI=1S/C18H24N4O2/c19-15-16(23)21(9-11-1-2-11)14-10-24-8-5-13(14)22(15)17(20)18(6-7-18)12-3-4-12/h11-12,19-20H,1-10H2. The Morgan fingerprint density at radius 1 is 1.21 bits per heavy atom. The van der Waals surface area contributed by atoms with Gasteiger partial charge in [-0.15, -0.1) is 0 Å². The van der Waals surface area contributed by atoms with Crippen molar-refractivity contribution in [2.45, 2.75) is 58.1 Å². The van der Waals surface area contributed by atoms with E-state index < -0.39 is 0 Å². The Kier molecular flexibility index (Phi) is 2.99. The molecule has 6 heteroatoms. The van der Waals surface area contributed by atoms with Gasteiger partial charge in [0, 0.05) is 18.4 Å². The Bertz CT molecular complexity index is 838. The molecule has 0 saturated heterocycles. The van der Waals surface area contributed by atoms with E-state index in [0.29, 0.717) is 43.9 Å². The van der Waals surface area contributed by atoms with Gasteiger partial charge < -0.3 is 9.30 Å². The van der Waals surface area contributed by atoms with E-state index in [9.17, 15) is 4.79 Å². The van der Waals surface area contributed by atoms with Crippen LogP contribution in [0.25, 0.3) is 0 Å². The smallest absolute Gasteiger partial charge is 0.293 e. The highest BCUT2D eigenvalue weighted by atomic mass is 16.5. The van der Waals surface area contributed by atoms with Crippen molar-refractivity contribution >= 4 is 5.84 Å². The van der Waals surface area contributed by atoms with Crippen LogP contribution in [-0.2, 0) is 24.3 Å². The molecule has 6 nitrogen and oxygen atoms in total. The molecule has 0 atom stereocenters. The van der Waals surface area contributed by atoms with Crippen LogP contribution >= 0.6 is 0 Å². The summed E-state index contributed by atoms with van der Waals surface area (Å²) in [5.74, 6) is 1.68.